The second-order valence-corrected chi connectivity index (χ2v) is 17.0. The fourth-order valence-corrected chi connectivity index (χ4v) is 11.2. The Kier molecular flexibility index (Phi) is 8.13. The minimum absolute atomic E-state index is 0. The van der Waals surface area contributed by atoms with E-state index in [0.29, 0.717) is 35.8 Å². The summed E-state index contributed by atoms with van der Waals surface area (Å²) in [6.45, 7) is 6.11. The zero-order valence-corrected chi connectivity index (χ0v) is 23.6. The fourth-order valence-electron chi connectivity index (χ4n) is 6.82. The van der Waals surface area contributed by atoms with Crippen LogP contribution in [-0.4, -0.2) is 31.6 Å². The van der Waals surface area contributed by atoms with Gasteiger partial charge in [0.05, 0.1) is 0 Å². The Morgan fingerprint density at radius 1 is 0.848 bits per heavy atom. The number of rotatable bonds is 2. The van der Waals surface area contributed by atoms with Crippen molar-refractivity contribution >= 4 is 39.0 Å². The maximum atomic E-state index is 5.09. The van der Waals surface area contributed by atoms with E-state index >= 15 is 0 Å². The Bertz CT molecular complexity index is 1060. The molecule has 6 atom stereocenters. The molecule has 5 aliphatic rings. The van der Waals surface area contributed by atoms with Gasteiger partial charge >= 0.3 is 35.6 Å². The van der Waals surface area contributed by atoms with Gasteiger partial charge in [-0.2, -0.15) is 0 Å². The molecule has 1 aromatic carbocycles. The Hall–Kier alpha value is -0.649. The van der Waals surface area contributed by atoms with E-state index in [-0.39, 0.29) is 7.43 Å². The van der Waals surface area contributed by atoms with E-state index in [0.717, 1.165) is 12.2 Å². The van der Waals surface area contributed by atoms with Crippen molar-refractivity contribution in [2.45, 2.75) is 30.7 Å². The molecule has 0 N–H and O–H groups in total. The van der Waals surface area contributed by atoms with Gasteiger partial charge in [0.2, 0.25) is 0 Å². The van der Waals surface area contributed by atoms with Gasteiger partial charge in [-0.1, -0.05) is 104 Å². The topological polar surface area (TPSA) is 17.3 Å². The van der Waals surface area contributed by atoms with Crippen LogP contribution in [0.1, 0.15) is 0 Å². The summed E-state index contributed by atoms with van der Waals surface area (Å²) in [4.78, 5) is 0. The van der Waals surface area contributed by atoms with E-state index in [1.807, 2.05) is 0 Å². The van der Waals surface area contributed by atoms with Crippen molar-refractivity contribution in [3.05, 3.63) is 96.1 Å². The van der Waals surface area contributed by atoms with Gasteiger partial charge in [-0.05, 0) is 39.7 Å². The molecular weight excluding hydrogens is 499 g/mol. The molecule has 5 unspecified atom stereocenters. The molecule has 2 nitrogen and oxygen atoms in total. The van der Waals surface area contributed by atoms with E-state index in [9.17, 15) is 0 Å². The van der Waals surface area contributed by atoms with Crippen LogP contribution in [0.15, 0.2) is 72.9 Å². The van der Waals surface area contributed by atoms with Crippen LogP contribution >= 0.6 is 18.6 Å². The third-order valence-electron chi connectivity index (χ3n) is 8.13. The molecule has 33 heavy (non-hydrogen) atoms. The van der Waals surface area contributed by atoms with Crippen LogP contribution in [0.25, 0.3) is 17.5 Å². The summed E-state index contributed by atoms with van der Waals surface area (Å²) in [6.07, 6.45) is 24.0. The van der Waals surface area contributed by atoms with Gasteiger partial charge in [0.1, 0.15) is 8.24 Å². The SMILES string of the molecule is C[Si](C)(C1C2C=CC=CC2C2C=CC=CC21)N1C[N-]C2C=c3ccccc3=C[C@H]21.[CH3-].[Cl][Ti][Cl]. The summed E-state index contributed by atoms with van der Waals surface area (Å²) in [5, 5.41) is 7.82. The van der Waals surface area contributed by atoms with Gasteiger partial charge in [0.25, 0.3) is 0 Å². The van der Waals surface area contributed by atoms with Gasteiger partial charge in [0, 0.05) is 6.04 Å². The van der Waals surface area contributed by atoms with Crippen LogP contribution in [-0.2, 0) is 17.0 Å². The molecule has 0 bridgehead atoms. The fraction of sp³-hybridized carbons (Fsp3) is 0.370. The molecule has 0 aromatic heterocycles. The zero-order chi connectivity index (χ0) is 22.3. The van der Waals surface area contributed by atoms with Crippen molar-refractivity contribution in [1.82, 2.24) is 4.57 Å². The van der Waals surface area contributed by atoms with Crippen molar-refractivity contribution in [3.8, 4) is 0 Å². The molecule has 6 rings (SSSR count). The van der Waals surface area contributed by atoms with Gasteiger partial charge in [-0.15, -0.1) is 6.67 Å². The molecule has 1 saturated carbocycles. The summed E-state index contributed by atoms with van der Waals surface area (Å²) in [5.41, 5.74) is 0.722. The zero-order valence-electron chi connectivity index (χ0n) is 19.5. The van der Waals surface area contributed by atoms with Gasteiger partial charge in [-0.25, -0.2) is 0 Å². The maximum absolute atomic E-state index is 5.09. The summed E-state index contributed by atoms with van der Waals surface area (Å²) >= 11 is -0.556. The van der Waals surface area contributed by atoms with E-state index in [1.54, 1.807) is 0 Å². The summed E-state index contributed by atoms with van der Waals surface area (Å²) < 4.78 is 2.83. The van der Waals surface area contributed by atoms with Crippen LogP contribution in [0.5, 0.6) is 0 Å². The predicted octanol–water partition coefficient (Wildman–Crippen LogP) is 5.78. The average Bonchev–Trinajstić information content (AvgIpc) is 3.37. The van der Waals surface area contributed by atoms with Crippen molar-refractivity contribution in [1.29, 1.82) is 0 Å². The molecule has 1 aliphatic heterocycles. The second-order valence-electron chi connectivity index (χ2n) is 9.84. The molecular formula is C27H32Cl2N2SiTi-2. The molecule has 0 spiro atoms. The number of hydrogen-bond acceptors (Lipinski definition) is 1. The van der Waals surface area contributed by atoms with Crippen LogP contribution in [0.3, 0.4) is 0 Å². The molecule has 6 heteroatoms. The third kappa shape index (κ3) is 4.51. The first kappa shape index (κ1) is 25.4. The van der Waals surface area contributed by atoms with Crippen LogP contribution in [0.4, 0.5) is 0 Å². The first-order valence-corrected chi connectivity index (χ1v) is 18.8. The first-order chi connectivity index (χ1) is 15.6. The number of hydrogen-bond donors (Lipinski definition) is 0. The molecule has 174 valence electrons. The summed E-state index contributed by atoms with van der Waals surface area (Å²) in [5.74, 6) is 2.62. The van der Waals surface area contributed by atoms with E-state index in [2.05, 4.69) is 103 Å². The Morgan fingerprint density at radius 2 is 1.33 bits per heavy atom. The predicted molar refractivity (Wildman–Crippen MR) is 142 cm³/mol. The second kappa shape index (κ2) is 10.5. The molecule has 0 amide bonds. The Morgan fingerprint density at radius 3 is 1.88 bits per heavy atom. The molecule has 1 aromatic rings. The minimum atomic E-state index is -1.77. The van der Waals surface area contributed by atoms with Crippen LogP contribution in [0, 0.1) is 31.1 Å². The number of allylic oxidation sites excluding steroid dienone is 8. The summed E-state index contributed by atoms with van der Waals surface area (Å²) in [7, 11) is 8.01. The van der Waals surface area contributed by atoms with Crippen LogP contribution < -0.4 is 10.4 Å². The number of fused-ring (bicyclic) bond motifs is 5. The van der Waals surface area contributed by atoms with Crippen molar-refractivity contribution in [3.63, 3.8) is 0 Å². The van der Waals surface area contributed by atoms with Gasteiger partial charge in [0.15, 0.2) is 0 Å². The first-order valence-electron chi connectivity index (χ1n) is 11.4. The van der Waals surface area contributed by atoms with Gasteiger partial charge in [-0.3, -0.25) is 0 Å². The quantitative estimate of drug-likeness (QED) is 0.350. The van der Waals surface area contributed by atoms with Crippen molar-refractivity contribution < 1.29 is 17.0 Å². The Labute approximate surface area is 216 Å². The normalized spacial score (nSPS) is 35.0. The van der Waals surface area contributed by atoms with Gasteiger partial charge < -0.3 is 17.3 Å². The molecule has 0 radical (unpaired) electrons. The average molecular weight is 531 g/mol. The standard InChI is InChI=1S/C26H29N2Si.CH3.2ClH.Ti/c1-29(2,26-22-13-7-5-11-20(22)21-12-6-8-14-23(21)26)28-17-27-24-15-18-9-3-4-10-19(18)16-25(24)28;;;;/h3-16,20-26H,17H2,1-2H3;1H3;2*1H;/q2*-1;;;+2/p-2/t20?,21?,22?,23?,24?,25-,26?;;;;/m1..../s1. The monoisotopic (exact) mass is 530 g/mol. The molecule has 1 heterocycles. The van der Waals surface area contributed by atoms with E-state index < -0.39 is 25.3 Å². The van der Waals surface area contributed by atoms with Crippen LogP contribution in [0.2, 0.25) is 18.6 Å². The van der Waals surface area contributed by atoms with Crippen molar-refractivity contribution in [2.75, 3.05) is 6.67 Å². The number of halogens is 2. The van der Waals surface area contributed by atoms with E-state index in [1.165, 1.54) is 10.4 Å². The van der Waals surface area contributed by atoms with Crippen molar-refractivity contribution in [2.24, 2.45) is 23.7 Å². The molecule has 4 aliphatic carbocycles. The molecule has 2 fully saturated rings. The molecule has 1 saturated heterocycles. The summed E-state index contributed by atoms with van der Waals surface area (Å²) in [6, 6.07) is 9.53. The van der Waals surface area contributed by atoms with E-state index in [4.69, 9.17) is 23.9 Å². The Balaban J connectivity index is 0.000000617. The third-order valence-corrected chi connectivity index (χ3v) is 12.4. The number of nitrogens with zero attached hydrogens (tertiary/aromatic N) is 2. The number of benzene rings is 1.